The fourth-order valence-corrected chi connectivity index (χ4v) is 8.06. The lowest BCUT2D eigenvalue weighted by atomic mass is 9.98. The van der Waals surface area contributed by atoms with E-state index in [9.17, 15) is 19.2 Å². The summed E-state index contributed by atoms with van der Waals surface area (Å²) in [6, 6.07) is 10.4. The standard InChI is InChI=1S/C31H35N9O5S2/c1-45-23-6-5-20(26(32)41)16-21(23)35-28(43)25-30(40-18-46-17-22(40)27(33)42)47-29(36-25)19-7-10-38(11-8-19)31(44)39-14-12-37(13-15-39)24-4-2-3-9-34-24/h2-6,9,16-17,19H,7-8,10-15,18H2,1H3,(H2,32,41)(H2,33,42)(H,35,43). The van der Waals surface area contributed by atoms with Gasteiger partial charge in [-0.25, -0.2) is 14.8 Å². The maximum Gasteiger partial charge on any atom is 0.320 e. The maximum atomic E-state index is 13.8. The summed E-state index contributed by atoms with van der Waals surface area (Å²) in [5.74, 6) is -0.150. The van der Waals surface area contributed by atoms with Gasteiger partial charge in [0.25, 0.3) is 11.8 Å². The van der Waals surface area contributed by atoms with Crippen LogP contribution in [0.3, 0.4) is 0 Å². The molecule has 3 aliphatic rings. The van der Waals surface area contributed by atoms with E-state index < -0.39 is 17.7 Å². The third kappa shape index (κ3) is 6.83. The molecule has 14 nitrogen and oxygen atoms in total. The number of primary amides is 2. The number of nitrogens with zero attached hydrogens (tertiary/aromatic N) is 6. The van der Waals surface area contributed by atoms with Gasteiger partial charge in [-0.2, -0.15) is 0 Å². The van der Waals surface area contributed by atoms with E-state index in [1.54, 1.807) is 22.6 Å². The van der Waals surface area contributed by atoms with Gasteiger partial charge in [-0.15, -0.1) is 23.1 Å². The summed E-state index contributed by atoms with van der Waals surface area (Å²) >= 11 is 2.73. The van der Waals surface area contributed by atoms with E-state index in [0.29, 0.717) is 55.6 Å². The normalized spacial score (nSPS) is 17.0. The van der Waals surface area contributed by atoms with Gasteiger partial charge in [-0.1, -0.05) is 6.07 Å². The second-order valence-corrected chi connectivity index (χ2v) is 13.1. The first-order chi connectivity index (χ1) is 22.7. The molecule has 0 aliphatic carbocycles. The van der Waals surface area contributed by atoms with Gasteiger partial charge in [0, 0.05) is 62.4 Å². The van der Waals surface area contributed by atoms with E-state index in [1.165, 1.54) is 42.3 Å². The molecule has 246 valence electrons. The number of thioether (sulfide) groups is 1. The van der Waals surface area contributed by atoms with Gasteiger partial charge in [0.15, 0.2) is 5.69 Å². The molecule has 47 heavy (non-hydrogen) atoms. The second-order valence-electron chi connectivity index (χ2n) is 11.2. The Morgan fingerprint density at radius 3 is 2.36 bits per heavy atom. The summed E-state index contributed by atoms with van der Waals surface area (Å²) in [4.78, 5) is 68.1. The molecule has 3 aromatic rings. The minimum atomic E-state index is -0.651. The average molecular weight is 678 g/mol. The van der Waals surface area contributed by atoms with Crippen LogP contribution < -0.4 is 31.3 Å². The largest absolute Gasteiger partial charge is 0.495 e. The van der Waals surface area contributed by atoms with Crippen molar-refractivity contribution in [1.29, 1.82) is 0 Å². The fourth-order valence-electron chi connectivity index (χ4n) is 5.84. The number of amides is 5. The van der Waals surface area contributed by atoms with Gasteiger partial charge in [0.2, 0.25) is 5.91 Å². The van der Waals surface area contributed by atoms with Crippen molar-refractivity contribution in [3.63, 3.8) is 0 Å². The molecule has 16 heteroatoms. The number of likely N-dealkylation sites (tertiary alicyclic amines) is 1. The predicted molar refractivity (Wildman–Crippen MR) is 181 cm³/mol. The number of pyridine rings is 1. The summed E-state index contributed by atoms with van der Waals surface area (Å²) in [5, 5.41) is 5.70. The summed E-state index contributed by atoms with van der Waals surface area (Å²) in [6.45, 7) is 3.82. The molecule has 2 aromatic heterocycles. The van der Waals surface area contributed by atoms with Crippen molar-refractivity contribution in [2.75, 3.05) is 67.4 Å². The topological polar surface area (TPSA) is 180 Å². The first-order valence-electron chi connectivity index (χ1n) is 15.1. The molecule has 5 amide bonds. The van der Waals surface area contributed by atoms with Crippen LogP contribution in [0.4, 0.5) is 21.3 Å². The summed E-state index contributed by atoms with van der Waals surface area (Å²) < 4.78 is 5.38. The molecule has 0 unspecified atom stereocenters. The lowest BCUT2D eigenvalue weighted by Crippen LogP contribution is -2.54. The van der Waals surface area contributed by atoms with Crippen LogP contribution in [-0.2, 0) is 4.79 Å². The number of nitrogens with two attached hydrogens (primary N) is 2. The molecule has 2 fully saturated rings. The number of thiazole rings is 1. The van der Waals surface area contributed by atoms with E-state index >= 15 is 0 Å². The number of piperazine rings is 1. The molecule has 5 heterocycles. The molecule has 6 rings (SSSR count). The van der Waals surface area contributed by atoms with E-state index in [0.717, 1.165) is 23.9 Å². The van der Waals surface area contributed by atoms with E-state index in [2.05, 4.69) is 15.2 Å². The number of carbonyl (C=O) groups is 4. The third-order valence-corrected chi connectivity index (χ3v) is 10.4. The Kier molecular flexibility index (Phi) is 9.49. The molecular weight excluding hydrogens is 643 g/mol. The minimum absolute atomic E-state index is 0.00865. The minimum Gasteiger partial charge on any atom is -0.495 e. The van der Waals surface area contributed by atoms with E-state index in [1.807, 2.05) is 28.0 Å². The molecule has 5 N–H and O–H groups in total. The first-order valence-corrected chi connectivity index (χ1v) is 17.0. The summed E-state index contributed by atoms with van der Waals surface area (Å²) in [7, 11) is 1.45. The maximum absolute atomic E-state index is 13.8. The van der Waals surface area contributed by atoms with Gasteiger partial charge in [-0.3, -0.25) is 14.4 Å². The van der Waals surface area contributed by atoms with Crippen LogP contribution in [-0.4, -0.2) is 95.8 Å². The number of ether oxygens (including phenoxy) is 1. The van der Waals surface area contributed by atoms with Crippen LogP contribution in [0.5, 0.6) is 5.75 Å². The van der Waals surface area contributed by atoms with Gasteiger partial charge < -0.3 is 41.1 Å². The van der Waals surface area contributed by atoms with Crippen molar-refractivity contribution in [2.45, 2.75) is 18.8 Å². The number of hydrogen-bond acceptors (Lipinski definition) is 11. The van der Waals surface area contributed by atoms with Crippen molar-refractivity contribution in [3.8, 4) is 5.75 Å². The van der Waals surface area contributed by atoms with Gasteiger partial charge >= 0.3 is 6.03 Å². The Morgan fingerprint density at radius 1 is 0.957 bits per heavy atom. The molecule has 3 aliphatic heterocycles. The highest BCUT2D eigenvalue weighted by molar-refractivity contribution is 8.02. The number of methoxy groups -OCH3 is 1. The number of hydrogen-bond donors (Lipinski definition) is 3. The highest BCUT2D eigenvalue weighted by Gasteiger charge is 2.34. The van der Waals surface area contributed by atoms with Crippen molar-refractivity contribution in [2.24, 2.45) is 11.5 Å². The number of urea groups is 1. The van der Waals surface area contributed by atoms with Crippen LogP contribution in [0.15, 0.2) is 53.7 Å². The highest BCUT2D eigenvalue weighted by atomic mass is 32.2. The number of benzene rings is 1. The molecule has 1 aromatic carbocycles. The molecular formula is C31H35N9O5S2. The summed E-state index contributed by atoms with van der Waals surface area (Å²) in [5.41, 5.74) is 12.0. The lowest BCUT2D eigenvalue weighted by molar-refractivity contribution is -0.114. The number of anilines is 3. The van der Waals surface area contributed by atoms with Crippen molar-refractivity contribution in [3.05, 3.63) is 70.0 Å². The molecule has 0 radical (unpaired) electrons. The Balaban J connectivity index is 1.17. The Bertz CT molecular complexity index is 1700. The Labute approximate surface area is 279 Å². The zero-order valence-electron chi connectivity index (χ0n) is 25.8. The number of rotatable bonds is 8. The van der Waals surface area contributed by atoms with Gasteiger partial charge in [-0.05, 0) is 43.2 Å². The monoisotopic (exact) mass is 677 g/mol. The SMILES string of the molecule is COc1ccc(C(N)=O)cc1NC(=O)c1nc(C2CCN(C(=O)N3CCN(c4ccccn4)CC3)CC2)sc1N1CSC=C1C(N)=O. The van der Waals surface area contributed by atoms with Gasteiger partial charge in [0.05, 0.1) is 23.7 Å². The first kappa shape index (κ1) is 32.1. The quantitative estimate of drug-likeness (QED) is 0.321. The lowest BCUT2D eigenvalue weighted by Gasteiger charge is -2.39. The van der Waals surface area contributed by atoms with Gasteiger partial charge in [0.1, 0.15) is 22.3 Å². The smallest absolute Gasteiger partial charge is 0.320 e. The van der Waals surface area contributed by atoms with Crippen LogP contribution in [0, 0.1) is 0 Å². The zero-order valence-corrected chi connectivity index (χ0v) is 27.4. The van der Waals surface area contributed by atoms with Crippen molar-refractivity contribution >= 4 is 63.4 Å². The number of aromatic nitrogens is 2. The fraction of sp³-hybridized carbons (Fsp3) is 0.355. The predicted octanol–water partition coefficient (Wildman–Crippen LogP) is 2.86. The highest BCUT2D eigenvalue weighted by Crippen LogP contribution is 2.41. The molecule has 2 saturated heterocycles. The number of carbonyl (C=O) groups excluding carboxylic acids is 4. The Morgan fingerprint density at radius 2 is 1.70 bits per heavy atom. The molecule has 0 atom stereocenters. The Hall–Kier alpha value is -4.83. The number of nitrogens with one attached hydrogen (secondary N) is 1. The number of piperidine rings is 1. The van der Waals surface area contributed by atoms with Crippen LogP contribution in [0.25, 0.3) is 0 Å². The molecule has 0 bridgehead atoms. The molecule has 0 saturated carbocycles. The van der Waals surface area contributed by atoms with Crippen LogP contribution in [0.1, 0.15) is 44.6 Å². The third-order valence-electron chi connectivity index (χ3n) is 8.40. The van der Waals surface area contributed by atoms with Crippen LogP contribution in [0.2, 0.25) is 0 Å². The molecule has 0 spiro atoms. The zero-order chi connectivity index (χ0) is 33.1. The van der Waals surface area contributed by atoms with Crippen LogP contribution >= 0.6 is 23.1 Å². The van der Waals surface area contributed by atoms with E-state index in [-0.39, 0.29) is 34.6 Å². The second kappa shape index (κ2) is 13.9. The average Bonchev–Trinajstić information content (AvgIpc) is 3.77. The van der Waals surface area contributed by atoms with Crippen molar-refractivity contribution < 1.29 is 23.9 Å². The summed E-state index contributed by atoms with van der Waals surface area (Å²) in [6.07, 6.45) is 3.13. The van der Waals surface area contributed by atoms with E-state index in [4.69, 9.17) is 21.2 Å². The van der Waals surface area contributed by atoms with Crippen molar-refractivity contribution in [1.82, 2.24) is 19.8 Å².